The Balaban J connectivity index is 0.000000667. The van der Waals surface area contributed by atoms with Gasteiger partial charge in [-0.3, -0.25) is 4.99 Å². The van der Waals surface area contributed by atoms with E-state index in [0.29, 0.717) is 0 Å². The van der Waals surface area contributed by atoms with Gasteiger partial charge in [-0.25, -0.2) is 0 Å². The van der Waals surface area contributed by atoms with E-state index < -0.39 is 0 Å². The summed E-state index contributed by atoms with van der Waals surface area (Å²) in [6.45, 7) is 26.6. The number of nitrogens with one attached hydrogen (secondary N) is 1. The minimum absolute atomic E-state index is 0.837. The van der Waals surface area contributed by atoms with Crippen LogP contribution in [0.5, 0.6) is 0 Å². The lowest BCUT2D eigenvalue weighted by Gasteiger charge is -2.10. The molecule has 1 atom stereocenters. The van der Waals surface area contributed by atoms with Crippen molar-refractivity contribution < 1.29 is 0 Å². The van der Waals surface area contributed by atoms with E-state index in [2.05, 4.69) is 154 Å². The Hall–Kier alpha value is -2.87. The van der Waals surface area contributed by atoms with E-state index in [9.17, 15) is 0 Å². The lowest BCUT2D eigenvalue weighted by Crippen LogP contribution is -2.10. The fraction of sp³-hybridized carbons (Fsp3) is 0.342. The van der Waals surface area contributed by atoms with Gasteiger partial charge in [-0.1, -0.05) is 86.2 Å². The van der Waals surface area contributed by atoms with Crippen LogP contribution >= 0.6 is 21.0 Å². The van der Waals surface area contributed by atoms with E-state index in [4.69, 9.17) is 0 Å². The Morgan fingerprint density at radius 1 is 0.881 bits per heavy atom. The number of rotatable bonds is 8. The zero-order valence-corrected chi connectivity index (χ0v) is 30.0. The third kappa shape index (κ3) is 17.2. The molecule has 0 aromatic heterocycles. The third-order valence-electron chi connectivity index (χ3n) is 5.99. The molecule has 42 heavy (non-hydrogen) atoms. The van der Waals surface area contributed by atoms with Gasteiger partial charge in [0.05, 0.1) is 0 Å². The zero-order chi connectivity index (χ0) is 32.1. The summed E-state index contributed by atoms with van der Waals surface area (Å²) in [4.78, 5) is 5.45. The first kappa shape index (κ1) is 39.1. The fourth-order valence-electron chi connectivity index (χ4n) is 3.64. The summed E-state index contributed by atoms with van der Waals surface area (Å²) in [6, 6.07) is 23.5. The van der Waals surface area contributed by atoms with Crippen molar-refractivity contribution in [2.45, 2.75) is 80.7 Å². The van der Waals surface area contributed by atoms with Gasteiger partial charge < -0.3 is 5.32 Å². The van der Waals surface area contributed by atoms with E-state index >= 15 is 0 Å². The number of thioether (sulfide) groups is 1. The van der Waals surface area contributed by atoms with Gasteiger partial charge in [0.25, 0.3) is 0 Å². The number of benzene rings is 3. The number of hydrogen-bond acceptors (Lipinski definition) is 3. The lowest BCUT2D eigenvalue weighted by molar-refractivity contribution is 0.812. The quantitative estimate of drug-likeness (QED) is 0.120. The summed E-state index contributed by atoms with van der Waals surface area (Å²) >= 11 is 1.80. The van der Waals surface area contributed by atoms with Gasteiger partial charge in [-0.05, 0) is 119 Å². The van der Waals surface area contributed by atoms with Crippen molar-refractivity contribution in [3.63, 3.8) is 0 Å². The Morgan fingerprint density at radius 3 is 1.95 bits per heavy atom. The normalized spacial score (nSPS) is 10.3. The van der Waals surface area contributed by atoms with E-state index in [1.807, 2.05) is 27.0 Å². The minimum Gasteiger partial charge on any atom is -0.384 e. The van der Waals surface area contributed by atoms with Gasteiger partial charge in [-0.2, -0.15) is 0 Å². The minimum atomic E-state index is 0.837. The topological polar surface area (TPSA) is 24.4 Å². The highest BCUT2D eigenvalue weighted by atomic mass is 32.2. The van der Waals surface area contributed by atoms with Gasteiger partial charge >= 0.3 is 0 Å². The molecule has 0 spiro atoms. The second-order valence-electron chi connectivity index (χ2n) is 10.1. The average molecular weight is 603 g/mol. The molecule has 1 N–H and O–H groups in total. The molecule has 0 bridgehead atoms. The molecule has 1 unspecified atom stereocenters. The van der Waals surface area contributed by atoms with Gasteiger partial charge in [-0.15, -0.1) is 21.0 Å². The SMILES string of the molecule is C=C(/C=C(\C)NCc1ccc(C)cc1)c1ccccc1C.CC.CCN=CC(P)=C(C)C.CSc1cc(C)cc(C)c1. The standard InChI is InChI=1S/C20H23N.C9H12S.C7H14NP.C2H6/c1-15-9-11-19(12-10-15)14-21-18(4)13-17(3)20-8-6-5-7-16(20)2;1-7-4-8(2)6-9(5-7)10-3;1-4-8-5-7(9)6(2)3;1-2/h5-13,21H,3,14H2,1-2,4H3;4-6H,1-3H3;5H,4,9H2,1-3H3;1-2H3/b18-13+;;;. The van der Waals surface area contributed by atoms with Gasteiger partial charge in [0, 0.05) is 29.9 Å². The predicted octanol–water partition coefficient (Wildman–Crippen LogP) is 11.3. The highest BCUT2D eigenvalue weighted by molar-refractivity contribution is 7.98. The average Bonchev–Trinajstić information content (AvgIpc) is 2.97. The summed E-state index contributed by atoms with van der Waals surface area (Å²) in [5.74, 6) is 0. The van der Waals surface area contributed by atoms with E-state index in [1.54, 1.807) is 11.8 Å². The van der Waals surface area contributed by atoms with Crippen molar-refractivity contribution in [3.05, 3.63) is 129 Å². The molecular weight excluding hydrogens is 547 g/mol. The number of nitrogens with zero attached hydrogens (tertiary/aromatic N) is 1. The first-order chi connectivity index (χ1) is 20.0. The molecule has 3 rings (SSSR count). The van der Waals surface area contributed by atoms with Crippen LogP contribution in [0.1, 0.15) is 74.9 Å². The zero-order valence-electron chi connectivity index (χ0n) is 28.1. The largest absolute Gasteiger partial charge is 0.384 e. The third-order valence-corrected chi connectivity index (χ3v) is 7.43. The van der Waals surface area contributed by atoms with Crippen LogP contribution in [0, 0.1) is 27.7 Å². The van der Waals surface area contributed by atoms with Crippen LogP contribution in [0.15, 0.2) is 106 Å². The van der Waals surface area contributed by atoms with Crippen LogP contribution in [0.2, 0.25) is 0 Å². The molecule has 3 aromatic carbocycles. The van der Waals surface area contributed by atoms with Crippen LogP contribution in [0.4, 0.5) is 0 Å². The van der Waals surface area contributed by atoms with Crippen LogP contribution in [0.3, 0.4) is 0 Å². The van der Waals surface area contributed by atoms with Gasteiger partial charge in [0.2, 0.25) is 0 Å². The second-order valence-corrected chi connectivity index (χ2v) is 11.6. The fourth-order valence-corrected chi connectivity index (χ4v) is 4.35. The highest BCUT2D eigenvalue weighted by Crippen LogP contribution is 2.19. The van der Waals surface area contributed by atoms with Crippen molar-refractivity contribution in [1.82, 2.24) is 5.32 Å². The van der Waals surface area contributed by atoms with Crippen LogP contribution in [-0.2, 0) is 6.54 Å². The molecule has 228 valence electrons. The maximum absolute atomic E-state index is 4.18. The maximum atomic E-state index is 4.18. The van der Waals surface area contributed by atoms with Crippen molar-refractivity contribution in [1.29, 1.82) is 0 Å². The first-order valence-electron chi connectivity index (χ1n) is 14.7. The second kappa shape index (κ2) is 22.7. The van der Waals surface area contributed by atoms with E-state index in [0.717, 1.165) is 24.4 Å². The summed E-state index contributed by atoms with van der Waals surface area (Å²) in [5, 5.41) is 4.63. The molecule has 0 aliphatic rings. The molecule has 2 nitrogen and oxygen atoms in total. The molecular formula is C38H55N2PS. The molecule has 0 fully saturated rings. The van der Waals surface area contributed by atoms with Crippen LogP contribution < -0.4 is 5.32 Å². The molecule has 0 saturated carbocycles. The van der Waals surface area contributed by atoms with Gasteiger partial charge in [0.1, 0.15) is 0 Å². The van der Waals surface area contributed by atoms with Crippen LogP contribution in [-0.4, -0.2) is 19.0 Å². The Kier molecular flexibility index (Phi) is 21.1. The van der Waals surface area contributed by atoms with Crippen molar-refractivity contribution in [3.8, 4) is 0 Å². The van der Waals surface area contributed by atoms with Crippen molar-refractivity contribution >= 4 is 32.8 Å². The van der Waals surface area contributed by atoms with Crippen molar-refractivity contribution in [2.24, 2.45) is 4.99 Å². The molecule has 0 heterocycles. The number of aliphatic imine (C=N–C) groups is 1. The summed E-state index contributed by atoms with van der Waals surface area (Å²) in [7, 11) is 2.65. The first-order valence-corrected chi connectivity index (χ1v) is 16.5. The molecule has 0 amide bonds. The monoisotopic (exact) mass is 602 g/mol. The highest BCUT2D eigenvalue weighted by Gasteiger charge is 2.00. The lowest BCUT2D eigenvalue weighted by atomic mass is 10.0. The maximum Gasteiger partial charge on any atom is 0.0397 e. The van der Waals surface area contributed by atoms with Crippen LogP contribution in [0.25, 0.3) is 5.57 Å². The predicted molar refractivity (Wildman–Crippen MR) is 198 cm³/mol. The summed E-state index contributed by atoms with van der Waals surface area (Å²) < 4.78 is 0. The number of aryl methyl sites for hydroxylation is 4. The molecule has 3 aromatic rings. The molecule has 0 saturated heterocycles. The van der Waals surface area contributed by atoms with Gasteiger partial charge in [0.15, 0.2) is 0 Å². The van der Waals surface area contributed by atoms with E-state index in [1.165, 1.54) is 49.2 Å². The molecule has 0 radical (unpaired) electrons. The Labute approximate surface area is 265 Å². The Bertz CT molecular complexity index is 1280. The summed E-state index contributed by atoms with van der Waals surface area (Å²) in [6.07, 6.45) is 6.10. The summed E-state index contributed by atoms with van der Waals surface area (Å²) in [5.41, 5.74) is 11.2. The molecule has 4 heteroatoms. The van der Waals surface area contributed by atoms with E-state index in [-0.39, 0.29) is 0 Å². The number of allylic oxidation sites excluding steroid dienone is 5. The number of hydrogen-bond donors (Lipinski definition) is 1. The van der Waals surface area contributed by atoms with Crippen molar-refractivity contribution in [2.75, 3.05) is 12.8 Å². The molecule has 0 aliphatic heterocycles. The smallest absolute Gasteiger partial charge is 0.0397 e. The Morgan fingerprint density at radius 2 is 1.45 bits per heavy atom. The molecule has 0 aliphatic carbocycles.